The Balaban J connectivity index is 1.75. The first kappa shape index (κ1) is 12.5. The predicted octanol–water partition coefficient (Wildman–Crippen LogP) is 2.60. The topological polar surface area (TPSA) is 69.9 Å². The molecule has 4 nitrogen and oxygen atoms in total. The summed E-state index contributed by atoms with van der Waals surface area (Å²) >= 11 is 0. The van der Waals surface area contributed by atoms with E-state index in [0.29, 0.717) is 5.82 Å². The van der Waals surface area contributed by atoms with Gasteiger partial charge in [0.05, 0.1) is 5.69 Å². The molecule has 0 unspecified atom stereocenters. The van der Waals surface area contributed by atoms with Gasteiger partial charge in [-0.05, 0) is 62.7 Å². The highest BCUT2D eigenvalue weighted by Crippen LogP contribution is 2.60. The van der Waals surface area contributed by atoms with E-state index in [1.54, 1.807) is 4.68 Å². The lowest BCUT2D eigenvalue weighted by molar-refractivity contribution is -0.0103. The van der Waals surface area contributed by atoms with Gasteiger partial charge in [-0.15, -0.1) is 0 Å². The second-order valence-corrected chi connectivity index (χ2v) is 7.59. The Labute approximate surface area is 120 Å². The van der Waals surface area contributed by atoms with E-state index in [9.17, 15) is 0 Å². The predicted molar refractivity (Wildman–Crippen MR) is 80.6 cm³/mol. The smallest absolute Gasteiger partial charge is 0.146 e. The van der Waals surface area contributed by atoms with Crippen molar-refractivity contribution in [3.63, 3.8) is 0 Å². The molecule has 110 valence electrons. The molecule has 4 aliphatic rings. The van der Waals surface area contributed by atoms with Crippen molar-refractivity contribution in [2.75, 3.05) is 11.6 Å². The molecular formula is C16H26N4. The van der Waals surface area contributed by atoms with Crippen LogP contribution in [0.4, 0.5) is 5.82 Å². The maximum atomic E-state index is 6.28. The van der Waals surface area contributed by atoms with Crippen LogP contribution in [0.15, 0.2) is 0 Å². The van der Waals surface area contributed by atoms with E-state index < -0.39 is 0 Å². The molecule has 1 aromatic heterocycles. The monoisotopic (exact) mass is 274 g/mol. The molecule has 0 aromatic carbocycles. The minimum absolute atomic E-state index is 0.240. The van der Waals surface area contributed by atoms with E-state index in [-0.39, 0.29) is 5.41 Å². The quantitative estimate of drug-likeness (QED) is 0.832. The molecule has 4 N–H and O–H groups in total. The van der Waals surface area contributed by atoms with Crippen molar-refractivity contribution in [3.05, 3.63) is 11.5 Å². The molecule has 4 saturated carbocycles. The van der Waals surface area contributed by atoms with Crippen LogP contribution < -0.4 is 11.6 Å². The average molecular weight is 274 g/mol. The highest BCUT2D eigenvalue weighted by atomic mass is 15.4. The number of imidazole rings is 1. The summed E-state index contributed by atoms with van der Waals surface area (Å²) in [6.07, 6.45) is 10.2. The van der Waals surface area contributed by atoms with Gasteiger partial charge < -0.3 is 11.6 Å². The van der Waals surface area contributed by atoms with Crippen LogP contribution in [0.1, 0.15) is 63.4 Å². The normalized spacial score (nSPS) is 38.5. The number of hydrogen-bond acceptors (Lipinski definition) is 3. The summed E-state index contributed by atoms with van der Waals surface area (Å²) in [6.45, 7) is 2.17. The number of nitrogens with two attached hydrogens (primary N) is 2. The third kappa shape index (κ3) is 1.63. The molecule has 0 radical (unpaired) electrons. The highest BCUT2D eigenvalue weighted by molar-refractivity contribution is 5.41. The first-order valence-corrected chi connectivity index (χ1v) is 8.24. The lowest BCUT2D eigenvalue weighted by Gasteiger charge is -2.56. The van der Waals surface area contributed by atoms with Gasteiger partial charge >= 0.3 is 0 Å². The van der Waals surface area contributed by atoms with Crippen molar-refractivity contribution >= 4 is 5.82 Å². The number of anilines is 1. The fourth-order valence-electron chi connectivity index (χ4n) is 5.67. The Hall–Kier alpha value is -1.19. The van der Waals surface area contributed by atoms with Crippen LogP contribution in [-0.4, -0.2) is 9.66 Å². The van der Waals surface area contributed by atoms with Crippen LogP contribution >= 0.6 is 0 Å². The number of nitrogen functional groups attached to an aromatic ring is 2. The molecule has 0 saturated heterocycles. The average Bonchev–Trinajstić information content (AvgIpc) is 2.67. The van der Waals surface area contributed by atoms with Gasteiger partial charge in [0.1, 0.15) is 11.6 Å². The zero-order valence-electron chi connectivity index (χ0n) is 12.4. The van der Waals surface area contributed by atoms with E-state index in [1.807, 2.05) is 0 Å². The Morgan fingerprint density at radius 2 is 1.70 bits per heavy atom. The van der Waals surface area contributed by atoms with E-state index in [1.165, 1.54) is 38.5 Å². The molecule has 0 amide bonds. The number of nitrogens with zero attached hydrogens (tertiary/aromatic N) is 2. The number of hydrogen-bond donors (Lipinski definition) is 2. The lowest BCUT2D eigenvalue weighted by Crippen LogP contribution is -2.50. The fourth-order valence-corrected chi connectivity index (χ4v) is 5.67. The van der Waals surface area contributed by atoms with Gasteiger partial charge in [0.2, 0.25) is 0 Å². The molecular weight excluding hydrogens is 248 g/mol. The molecule has 4 fully saturated rings. The van der Waals surface area contributed by atoms with Crippen LogP contribution in [0.2, 0.25) is 0 Å². The highest BCUT2D eigenvalue weighted by Gasteiger charge is 2.53. The Kier molecular flexibility index (Phi) is 2.60. The van der Waals surface area contributed by atoms with Gasteiger partial charge in [-0.3, -0.25) is 0 Å². The van der Waals surface area contributed by atoms with Crippen LogP contribution in [-0.2, 0) is 11.8 Å². The summed E-state index contributed by atoms with van der Waals surface area (Å²) < 4.78 is 1.72. The van der Waals surface area contributed by atoms with Crippen molar-refractivity contribution in [1.29, 1.82) is 0 Å². The second kappa shape index (κ2) is 4.15. The van der Waals surface area contributed by atoms with Gasteiger partial charge in [0.15, 0.2) is 0 Å². The number of aryl methyl sites for hydroxylation is 1. The van der Waals surface area contributed by atoms with Crippen molar-refractivity contribution in [1.82, 2.24) is 9.66 Å². The second-order valence-electron chi connectivity index (χ2n) is 7.59. The zero-order valence-corrected chi connectivity index (χ0v) is 12.4. The summed E-state index contributed by atoms with van der Waals surface area (Å²) in [5, 5.41) is 0. The molecule has 4 bridgehead atoms. The summed E-state index contributed by atoms with van der Waals surface area (Å²) in [5.74, 6) is 10.8. The summed E-state index contributed by atoms with van der Waals surface area (Å²) in [6, 6.07) is 0. The summed E-state index contributed by atoms with van der Waals surface area (Å²) in [7, 11) is 0. The van der Waals surface area contributed by atoms with E-state index in [4.69, 9.17) is 16.6 Å². The van der Waals surface area contributed by atoms with Gasteiger partial charge in [-0.1, -0.05) is 13.3 Å². The number of aromatic nitrogens is 2. The maximum Gasteiger partial charge on any atom is 0.146 e. The van der Waals surface area contributed by atoms with Crippen LogP contribution in [0.5, 0.6) is 0 Å². The van der Waals surface area contributed by atoms with Gasteiger partial charge in [-0.2, -0.15) is 0 Å². The van der Waals surface area contributed by atoms with Crippen LogP contribution in [0.3, 0.4) is 0 Å². The first-order valence-electron chi connectivity index (χ1n) is 8.24. The van der Waals surface area contributed by atoms with Gasteiger partial charge in [0.25, 0.3) is 0 Å². The van der Waals surface area contributed by atoms with E-state index >= 15 is 0 Å². The van der Waals surface area contributed by atoms with Crippen molar-refractivity contribution in [3.8, 4) is 0 Å². The van der Waals surface area contributed by atoms with Gasteiger partial charge in [-0.25, -0.2) is 9.66 Å². The van der Waals surface area contributed by atoms with Crippen LogP contribution in [0, 0.1) is 17.8 Å². The van der Waals surface area contributed by atoms with Crippen molar-refractivity contribution in [2.24, 2.45) is 17.8 Å². The Bertz CT molecular complexity index is 496. The standard InChI is InChI=1S/C16H26N4/c1-2-3-13-14(17)20(18)15(19-13)16-7-10-4-11(8-16)6-12(5-10)9-16/h10-12H,2-9,17-18H2,1H3. The maximum absolute atomic E-state index is 6.28. The van der Waals surface area contributed by atoms with Crippen LogP contribution in [0.25, 0.3) is 0 Å². The minimum Gasteiger partial charge on any atom is -0.382 e. The molecule has 5 rings (SSSR count). The molecule has 1 aromatic rings. The molecule has 0 spiro atoms. The largest absolute Gasteiger partial charge is 0.382 e. The Morgan fingerprint density at radius 3 is 2.20 bits per heavy atom. The molecule has 1 heterocycles. The van der Waals surface area contributed by atoms with Gasteiger partial charge in [0, 0.05) is 5.41 Å². The molecule has 20 heavy (non-hydrogen) atoms. The summed E-state index contributed by atoms with van der Waals surface area (Å²) in [4.78, 5) is 4.90. The third-order valence-corrected chi connectivity index (χ3v) is 6.02. The Morgan fingerprint density at radius 1 is 1.15 bits per heavy atom. The van der Waals surface area contributed by atoms with E-state index in [2.05, 4.69) is 6.92 Å². The first-order chi connectivity index (χ1) is 9.61. The molecule has 4 heteroatoms. The minimum atomic E-state index is 0.240. The molecule has 0 atom stereocenters. The molecule has 0 aliphatic heterocycles. The zero-order chi connectivity index (χ0) is 13.9. The van der Waals surface area contributed by atoms with E-state index in [0.717, 1.165) is 42.1 Å². The lowest BCUT2D eigenvalue weighted by atomic mass is 9.49. The van der Waals surface area contributed by atoms with Crippen molar-refractivity contribution in [2.45, 2.75) is 63.7 Å². The fraction of sp³-hybridized carbons (Fsp3) is 0.812. The van der Waals surface area contributed by atoms with Crippen molar-refractivity contribution < 1.29 is 0 Å². The SMILES string of the molecule is CCCc1nc(C23CC4CC(CC(C4)C2)C3)n(N)c1N. The summed E-state index contributed by atoms with van der Waals surface area (Å²) in [5.41, 5.74) is 7.44. The molecule has 4 aliphatic carbocycles. The third-order valence-electron chi connectivity index (χ3n) is 6.02. The number of rotatable bonds is 3.